The molecule has 0 radical (unpaired) electrons. The van der Waals surface area contributed by atoms with Crippen molar-refractivity contribution in [1.82, 2.24) is 5.43 Å². The van der Waals surface area contributed by atoms with E-state index < -0.39 is 0 Å². The Hall–Kier alpha value is -1.71. The van der Waals surface area contributed by atoms with Crippen LogP contribution in [0.5, 0.6) is 11.5 Å². The Morgan fingerprint density at radius 1 is 1.54 bits per heavy atom. The van der Waals surface area contributed by atoms with Gasteiger partial charge in [-0.2, -0.15) is 5.10 Å². The van der Waals surface area contributed by atoms with Crippen LogP contribution in [0.25, 0.3) is 0 Å². The van der Waals surface area contributed by atoms with Gasteiger partial charge >= 0.3 is 0 Å². The normalized spacial score (nSPS) is 10.3. The molecule has 0 bridgehead atoms. The highest BCUT2D eigenvalue weighted by Crippen LogP contribution is 2.20. The number of hydrogen-bond acceptors (Lipinski definition) is 4. The fraction of sp³-hybridized carbons (Fsp3) is 0.222. The summed E-state index contributed by atoms with van der Waals surface area (Å²) in [5.74, 6) is 0.871. The molecule has 0 heterocycles. The highest BCUT2D eigenvalue weighted by Gasteiger charge is 1.99. The Bertz CT molecular complexity index is 310. The van der Waals surface area contributed by atoms with E-state index in [0.717, 1.165) is 0 Å². The maximum absolute atomic E-state index is 9.38. The number of nitrogens with one attached hydrogen (secondary N) is 1. The lowest BCUT2D eigenvalue weighted by molar-refractivity contribution is 0.412. The van der Waals surface area contributed by atoms with E-state index in [1.54, 1.807) is 32.4 Å². The molecule has 4 heteroatoms. The summed E-state index contributed by atoms with van der Waals surface area (Å²) in [7, 11) is 3.26. The van der Waals surface area contributed by atoms with E-state index in [0.29, 0.717) is 11.3 Å². The first kappa shape index (κ1) is 9.38. The van der Waals surface area contributed by atoms with Crippen molar-refractivity contribution in [2.24, 2.45) is 5.10 Å². The van der Waals surface area contributed by atoms with Crippen molar-refractivity contribution in [2.75, 3.05) is 14.2 Å². The molecule has 0 aromatic heterocycles. The fourth-order valence-corrected chi connectivity index (χ4v) is 0.897. The van der Waals surface area contributed by atoms with Gasteiger partial charge in [0.1, 0.15) is 11.5 Å². The van der Waals surface area contributed by atoms with Gasteiger partial charge in [0.05, 0.1) is 13.3 Å². The van der Waals surface area contributed by atoms with Crippen LogP contribution in [0.1, 0.15) is 5.56 Å². The van der Waals surface area contributed by atoms with Crippen molar-refractivity contribution in [3.63, 3.8) is 0 Å². The molecule has 0 aliphatic heterocycles. The minimum absolute atomic E-state index is 0.180. The van der Waals surface area contributed by atoms with E-state index in [-0.39, 0.29) is 5.75 Å². The minimum atomic E-state index is 0.180. The quantitative estimate of drug-likeness (QED) is 0.538. The van der Waals surface area contributed by atoms with Gasteiger partial charge in [-0.25, -0.2) is 0 Å². The summed E-state index contributed by atoms with van der Waals surface area (Å²) in [5.41, 5.74) is 3.22. The number of nitrogens with zero attached hydrogens (tertiary/aromatic N) is 1. The summed E-state index contributed by atoms with van der Waals surface area (Å²) in [6.07, 6.45) is 1.53. The van der Waals surface area contributed by atoms with Gasteiger partial charge in [-0.05, 0) is 18.2 Å². The van der Waals surface area contributed by atoms with E-state index in [4.69, 9.17) is 4.74 Å². The molecule has 1 aromatic carbocycles. The monoisotopic (exact) mass is 180 g/mol. The molecule has 0 spiro atoms. The summed E-state index contributed by atoms with van der Waals surface area (Å²) in [5, 5.41) is 13.2. The summed E-state index contributed by atoms with van der Waals surface area (Å²) in [6.45, 7) is 0. The third kappa shape index (κ3) is 2.37. The molecule has 2 N–H and O–H groups in total. The third-order valence-corrected chi connectivity index (χ3v) is 1.57. The predicted molar refractivity (Wildman–Crippen MR) is 51.3 cm³/mol. The third-order valence-electron chi connectivity index (χ3n) is 1.57. The van der Waals surface area contributed by atoms with Gasteiger partial charge in [0.25, 0.3) is 0 Å². The van der Waals surface area contributed by atoms with E-state index in [9.17, 15) is 5.11 Å². The number of benzene rings is 1. The number of rotatable bonds is 3. The minimum Gasteiger partial charge on any atom is -0.507 e. The van der Waals surface area contributed by atoms with Gasteiger partial charge in [-0.1, -0.05) is 0 Å². The Morgan fingerprint density at radius 3 is 2.92 bits per heavy atom. The zero-order valence-electron chi connectivity index (χ0n) is 7.61. The van der Waals surface area contributed by atoms with E-state index in [2.05, 4.69) is 10.5 Å². The summed E-state index contributed by atoms with van der Waals surface area (Å²) in [6, 6.07) is 4.96. The van der Waals surface area contributed by atoms with Crippen molar-refractivity contribution >= 4 is 6.21 Å². The van der Waals surface area contributed by atoms with Crippen LogP contribution in [-0.4, -0.2) is 25.5 Å². The number of phenols is 1. The van der Waals surface area contributed by atoms with Crippen LogP contribution in [0.4, 0.5) is 0 Å². The maximum Gasteiger partial charge on any atom is 0.124 e. The smallest absolute Gasteiger partial charge is 0.124 e. The second-order valence-electron chi connectivity index (χ2n) is 2.41. The van der Waals surface area contributed by atoms with Crippen LogP contribution in [0.15, 0.2) is 23.3 Å². The molecule has 0 saturated heterocycles. The lowest BCUT2D eigenvalue weighted by atomic mass is 10.2. The molecule has 1 rings (SSSR count). The molecule has 0 aliphatic rings. The molecule has 0 fully saturated rings. The molecular weight excluding hydrogens is 168 g/mol. The average molecular weight is 180 g/mol. The van der Waals surface area contributed by atoms with Gasteiger partial charge in [0, 0.05) is 12.6 Å². The summed E-state index contributed by atoms with van der Waals surface area (Å²) in [4.78, 5) is 0. The summed E-state index contributed by atoms with van der Waals surface area (Å²) < 4.78 is 5.00. The number of hydrazone groups is 1. The number of aromatic hydroxyl groups is 1. The van der Waals surface area contributed by atoms with Crippen molar-refractivity contribution in [3.05, 3.63) is 23.8 Å². The molecule has 0 amide bonds. The van der Waals surface area contributed by atoms with Gasteiger partial charge in [0.2, 0.25) is 0 Å². The van der Waals surface area contributed by atoms with E-state index >= 15 is 0 Å². The van der Waals surface area contributed by atoms with Gasteiger partial charge in [0.15, 0.2) is 0 Å². The molecule has 1 aromatic rings. The molecule has 70 valence electrons. The van der Waals surface area contributed by atoms with Crippen LogP contribution < -0.4 is 10.2 Å². The van der Waals surface area contributed by atoms with Crippen molar-refractivity contribution in [2.45, 2.75) is 0 Å². The number of hydrogen-bond donors (Lipinski definition) is 2. The Kier molecular flexibility index (Phi) is 3.14. The van der Waals surface area contributed by atoms with Crippen LogP contribution >= 0.6 is 0 Å². The van der Waals surface area contributed by atoms with Crippen molar-refractivity contribution in [1.29, 1.82) is 0 Å². The van der Waals surface area contributed by atoms with E-state index in [1.807, 2.05) is 0 Å². The topological polar surface area (TPSA) is 53.9 Å². The number of ether oxygens (including phenoxy) is 1. The van der Waals surface area contributed by atoms with Gasteiger partial charge in [-0.3, -0.25) is 0 Å². The Morgan fingerprint density at radius 2 is 2.31 bits per heavy atom. The highest BCUT2D eigenvalue weighted by molar-refractivity contribution is 5.83. The largest absolute Gasteiger partial charge is 0.507 e. The number of phenolic OH excluding ortho intramolecular Hbond substituents is 1. The number of methoxy groups -OCH3 is 1. The van der Waals surface area contributed by atoms with Crippen LogP contribution in [0.2, 0.25) is 0 Å². The molecule has 0 saturated carbocycles. The summed E-state index contributed by atoms with van der Waals surface area (Å²) >= 11 is 0. The maximum atomic E-state index is 9.38. The lowest BCUT2D eigenvalue weighted by Gasteiger charge is -2.02. The fourth-order valence-electron chi connectivity index (χ4n) is 0.897. The average Bonchev–Trinajstić information content (AvgIpc) is 2.17. The Balaban J connectivity index is 2.97. The lowest BCUT2D eigenvalue weighted by Crippen LogP contribution is -1.95. The standard InChI is InChI=1S/C9H12N2O2/c1-10-11-6-7-5-8(13-2)3-4-9(7)12/h3-6,10,12H,1-2H3/b11-6+. The second-order valence-corrected chi connectivity index (χ2v) is 2.41. The molecular formula is C9H12N2O2. The zero-order chi connectivity index (χ0) is 9.68. The highest BCUT2D eigenvalue weighted by atomic mass is 16.5. The second kappa shape index (κ2) is 4.35. The van der Waals surface area contributed by atoms with Crippen molar-refractivity contribution in [3.8, 4) is 11.5 Å². The molecule has 4 nitrogen and oxygen atoms in total. The first-order valence-electron chi connectivity index (χ1n) is 3.84. The Labute approximate surface area is 76.8 Å². The molecule has 0 aliphatic carbocycles. The van der Waals surface area contributed by atoms with Crippen LogP contribution in [0.3, 0.4) is 0 Å². The predicted octanol–water partition coefficient (Wildman–Crippen LogP) is 0.954. The van der Waals surface area contributed by atoms with E-state index in [1.165, 1.54) is 6.21 Å². The SMILES string of the molecule is CN/N=C/c1cc(OC)ccc1O. The van der Waals surface area contributed by atoms with Crippen LogP contribution in [0, 0.1) is 0 Å². The van der Waals surface area contributed by atoms with Crippen molar-refractivity contribution < 1.29 is 9.84 Å². The molecule has 0 unspecified atom stereocenters. The first-order valence-corrected chi connectivity index (χ1v) is 3.84. The first-order chi connectivity index (χ1) is 6.27. The molecule has 13 heavy (non-hydrogen) atoms. The molecule has 0 atom stereocenters. The zero-order valence-corrected chi connectivity index (χ0v) is 7.61. The van der Waals surface area contributed by atoms with Gasteiger partial charge < -0.3 is 15.3 Å². The van der Waals surface area contributed by atoms with Crippen LogP contribution in [-0.2, 0) is 0 Å². The van der Waals surface area contributed by atoms with Gasteiger partial charge in [-0.15, -0.1) is 0 Å².